The lowest BCUT2D eigenvalue weighted by atomic mass is 9.56. The minimum atomic E-state index is -0.845. The third kappa shape index (κ3) is 2.57. The molecule has 2 heterocycles. The summed E-state index contributed by atoms with van der Waals surface area (Å²) in [6.07, 6.45) is 0.312. The summed E-state index contributed by atoms with van der Waals surface area (Å²) in [5, 5.41) is 12.1. The van der Waals surface area contributed by atoms with E-state index in [1.54, 1.807) is 13.8 Å². The zero-order valence-electron chi connectivity index (χ0n) is 13.3. The molecule has 6 heteroatoms. The summed E-state index contributed by atoms with van der Waals surface area (Å²) >= 11 is 0. The summed E-state index contributed by atoms with van der Waals surface area (Å²) in [7, 11) is 0. The average Bonchev–Trinajstić information content (AvgIpc) is 2.85. The Balaban J connectivity index is 1.50. The van der Waals surface area contributed by atoms with E-state index in [1.807, 2.05) is 30.3 Å². The molecule has 124 valence electrons. The van der Waals surface area contributed by atoms with E-state index in [0.717, 1.165) is 5.56 Å². The maximum atomic E-state index is 11.8. The third-order valence-corrected chi connectivity index (χ3v) is 5.05. The minimum absolute atomic E-state index is 0.199. The molecule has 2 N–H and O–H groups in total. The number of amides is 1. The molecule has 0 radical (unpaired) electrons. The second-order valence-corrected chi connectivity index (χ2v) is 6.95. The highest BCUT2D eigenvalue weighted by molar-refractivity contribution is 5.79. The molecule has 2 aliphatic heterocycles. The number of hydrogen-bond donors (Lipinski definition) is 2. The summed E-state index contributed by atoms with van der Waals surface area (Å²) in [4.78, 5) is 23.3. The molecule has 3 aliphatic rings. The lowest BCUT2D eigenvalue weighted by Crippen LogP contribution is -2.56. The Labute approximate surface area is 134 Å². The van der Waals surface area contributed by atoms with Gasteiger partial charge in [-0.2, -0.15) is 0 Å². The SMILES string of the molecule is CC1(C)OC2(CNC(=O)OCc3ccccc3)CC1(C(=O)O)C2. The Bertz CT molecular complexity index is 619. The molecule has 1 aromatic carbocycles. The number of carboxylic acids is 1. The number of aliphatic carboxylic acids is 1. The minimum Gasteiger partial charge on any atom is -0.481 e. The van der Waals surface area contributed by atoms with Gasteiger partial charge in [-0.3, -0.25) is 4.79 Å². The number of ether oxygens (including phenoxy) is 2. The van der Waals surface area contributed by atoms with Crippen molar-refractivity contribution in [2.45, 2.75) is 44.5 Å². The van der Waals surface area contributed by atoms with Crippen LogP contribution >= 0.6 is 0 Å². The van der Waals surface area contributed by atoms with E-state index in [4.69, 9.17) is 9.47 Å². The van der Waals surface area contributed by atoms with Gasteiger partial charge < -0.3 is 19.9 Å². The first-order valence-electron chi connectivity index (χ1n) is 7.67. The van der Waals surface area contributed by atoms with Gasteiger partial charge in [-0.05, 0) is 32.3 Å². The molecule has 1 amide bonds. The number of hydrogen-bond acceptors (Lipinski definition) is 4. The lowest BCUT2D eigenvalue weighted by Gasteiger charge is -2.43. The maximum absolute atomic E-state index is 11.8. The number of rotatable bonds is 5. The first kappa shape index (κ1) is 15.8. The second-order valence-electron chi connectivity index (χ2n) is 6.95. The Morgan fingerprint density at radius 2 is 1.91 bits per heavy atom. The highest BCUT2D eigenvalue weighted by Gasteiger charge is 2.75. The molecule has 2 bridgehead atoms. The monoisotopic (exact) mass is 319 g/mol. The van der Waals surface area contributed by atoms with Crippen molar-refractivity contribution in [2.75, 3.05) is 6.54 Å². The Kier molecular flexibility index (Phi) is 3.59. The van der Waals surface area contributed by atoms with Crippen LogP contribution in [0.5, 0.6) is 0 Å². The second kappa shape index (κ2) is 5.23. The third-order valence-electron chi connectivity index (χ3n) is 5.05. The van der Waals surface area contributed by atoms with Crippen molar-refractivity contribution in [3.8, 4) is 0 Å². The molecule has 1 saturated carbocycles. The number of alkyl carbamates (subject to hydrolysis) is 1. The van der Waals surface area contributed by atoms with E-state index in [9.17, 15) is 14.7 Å². The first-order chi connectivity index (χ1) is 10.8. The first-order valence-corrected chi connectivity index (χ1v) is 7.67. The van der Waals surface area contributed by atoms with Crippen LogP contribution in [0.25, 0.3) is 0 Å². The molecule has 1 aliphatic carbocycles. The normalized spacial score (nSPS) is 30.3. The van der Waals surface area contributed by atoms with E-state index in [2.05, 4.69) is 5.32 Å². The summed E-state index contributed by atoms with van der Waals surface area (Å²) in [5.41, 5.74) is -1.25. The van der Waals surface area contributed by atoms with Crippen LogP contribution in [0.1, 0.15) is 32.3 Å². The average molecular weight is 319 g/mol. The molecule has 2 saturated heterocycles. The number of benzene rings is 1. The molecule has 0 spiro atoms. The lowest BCUT2D eigenvalue weighted by molar-refractivity contribution is -0.157. The van der Waals surface area contributed by atoms with Gasteiger partial charge in [-0.25, -0.2) is 4.79 Å². The van der Waals surface area contributed by atoms with Gasteiger partial charge >= 0.3 is 12.1 Å². The summed E-state index contributed by atoms with van der Waals surface area (Å²) in [6, 6.07) is 9.41. The van der Waals surface area contributed by atoms with Gasteiger partial charge in [0.2, 0.25) is 0 Å². The van der Waals surface area contributed by atoms with Crippen molar-refractivity contribution >= 4 is 12.1 Å². The fourth-order valence-electron chi connectivity index (χ4n) is 3.76. The van der Waals surface area contributed by atoms with Gasteiger partial charge in [0.25, 0.3) is 0 Å². The van der Waals surface area contributed by atoms with Gasteiger partial charge in [0.15, 0.2) is 0 Å². The van der Waals surface area contributed by atoms with Gasteiger partial charge in [0.05, 0.1) is 17.7 Å². The van der Waals surface area contributed by atoms with E-state index >= 15 is 0 Å². The van der Waals surface area contributed by atoms with Crippen LogP contribution in [0.15, 0.2) is 30.3 Å². The number of carbonyl (C=O) groups excluding carboxylic acids is 1. The standard InChI is InChI=1S/C17H21NO5/c1-15(2)17(13(19)20)9-16(10-17,23-15)11-18-14(21)22-8-12-6-4-3-5-7-12/h3-7H,8-11H2,1-2H3,(H,18,21)(H,19,20). The molecule has 4 rings (SSSR count). The number of carboxylic acid groups (broad SMARTS) is 1. The summed E-state index contributed by atoms with van der Waals surface area (Å²) in [5.74, 6) is -0.831. The Morgan fingerprint density at radius 3 is 2.48 bits per heavy atom. The van der Waals surface area contributed by atoms with E-state index < -0.39 is 28.7 Å². The summed E-state index contributed by atoms with van der Waals surface area (Å²) < 4.78 is 11.1. The van der Waals surface area contributed by atoms with Crippen molar-refractivity contribution < 1.29 is 24.2 Å². The molecule has 0 atom stereocenters. The highest BCUT2D eigenvalue weighted by Crippen LogP contribution is 2.66. The molecular formula is C17H21NO5. The van der Waals surface area contributed by atoms with E-state index in [-0.39, 0.29) is 13.2 Å². The van der Waals surface area contributed by atoms with Crippen molar-refractivity contribution in [3.63, 3.8) is 0 Å². The number of nitrogens with one attached hydrogen (secondary N) is 1. The largest absolute Gasteiger partial charge is 0.481 e. The van der Waals surface area contributed by atoms with Gasteiger partial charge in [0, 0.05) is 0 Å². The molecule has 0 aromatic heterocycles. The molecule has 6 nitrogen and oxygen atoms in total. The fraction of sp³-hybridized carbons (Fsp3) is 0.529. The van der Waals surface area contributed by atoms with Crippen LogP contribution in [0.4, 0.5) is 4.79 Å². The van der Waals surface area contributed by atoms with E-state index in [0.29, 0.717) is 12.8 Å². The van der Waals surface area contributed by atoms with Crippen molar-refractivity contribution in [1.29, 1.82) is 0 Å². The van der Waals surface area contributed by atoms with Crippen molar-refractivity contribution in [3.05, 3.63) is 35.9 Å². The topological polar surface area (TPSA) is 84.9 Å². The fourth-order valence-corrected chi connectivity index (χ4v) is 3.76. The highest BCUT2D eigenvalue weighted by atomic mass is 16.6. The summed E-state index contributed by atoms with van der Waals surface area (Å²) in [6.45, 7) is 4.05. The molecule has 23 heavy (non-hydrogen) atoms. The van der Waals surface area contributed by atoms with Crippen LogP contribution < -0.4 is 5.32 Å². The number of carbonyl (C=O) groups is 2. The molecule has 1 aromatic rings. The van der Waals surface area contributed by atoms with Crippen LogP contribution in [-0.2, 0) is 20.9 Å². The zero-order chi connectivity index (χ0) is 16.7. The molecule has 0 unspecified atom stereocenters. The van der Waals surface area contributed by atoms with Crippen LogP contribution in [-0.4, -0.2) is 34.9 Å². The van der Waals surface area contributed by atoms with Gasteiger partial charge in [-0.15, -0.1) is 0 Å². The predicted molar refractivity (Wildman–Crippen MR) is 81.8 cm³/mol. The predicted octanol–water partition coefficient (Wildman–Crippen LogP) is 2.33. The Hall–Kier alpha value is -2.08. The van der Waals surface area contributed by atoms with Gasteiger partial charge in [0.1, 0.15) is 12.0 Å². The number of fused-ring (bicyclic) bond motifs is 1. The molecule has 3 fully saturated rings. The quantitative estimate of drug-likeness (QED) is 0.870. The maximum Gasteiger partial charge on any atom is 0.407 e. The van der Waals surface area contributed by atoms with Crippen LogP contribution in [0.2, 0.25) is 0 Å². The van der Waals surface area contributed by atoms with Crippen molar-refractivity contribution in [2.24, 2.45) is 5.41 Å². The van der Waals surface area contributed by atoms with Crippen LogP contribution in [0, 0.1) is 5.41 Å². The van der Waals surface area contributed by atoms with Gasteiger partial charge in [-0.1, -0.05) is 30.3 Å². The van der Waals surface area contributed by atoms with Crippen molar-refractivity contribution in [1.82, 2.24) is 5.32 Å². The Morgan fingerprint density at radius 1 is 1.26 bits per heavy atom. The zero-order valence-corrected chi connectivity index (χ0v) is 13.3. The smallest absolute Gasteiger partial charge is 0.407 e. The molecular weight excluding hydrogens is 298 g/mol. The van der Waals surface area contributed by atoms with Crippen LogP contribution in [0.3, 0.4) is 0 Å². The van der Waals surface area contributed by atoms with E-state index in [1.165, 1.54) is 0 Å².